The maximum atomic E-state index is 13.6. The van der Waals surface area contributed by atoms with Crippen LogP contribution in [0.5, 0.6) is 0 Å². The number of fused-ring (bicyclic) bond motifs is 1. The molecule has 0 fully saturated rings. The van der Waals surface area contributed by atoms with E-state index in [0.29, 0.717) is 12.1 Å². The highest BCUT2D eigenvalue weighted by atomic mass is 19.4. The Morgan fingerprint density at radius 1 is 0.943 bits per heavy atom. The minimum absolute atomic E-state index is 0.106. The van der Waals surface area contributed by atoms with Crippen molar-refractivity contribution in [3.63, 3.8) is 0 Å². The molecule has 1 aliphatic rings. The number of hydrogen-bond acceptors (Lipinski definition) is 3. The van der Waals surface area contributed by atoms with Crippen LogP contribution in [0.25, 0.3) is 11.1 Å². The molecule has 0 radical (unpaired) electrons. The molecular weight excluding hydrogens is 458 g/mol. The number of pyridine rings is 2. The molecule has 35 heavy (non-hydrogen) atoms. The Kier molecular flexibility index (Phi) is 5.59. The predicted molar refractivity (Wildman–Crippen MR) is 125 cm³/mol. The maximum Gasteiger partial charge on any atom is 0.419 e. The molecule has 0 bridgehead atoms. The summed E-state index contributed by atoms with van der Waals surface area (Å²) in [5, 5.41) is 0. The molecule has 0 atom stereocenters. The van der Waals surface area contributed by atoms with Gasteiger partial charge in [0.25, 0.3) is 5.56 Å². The molecule has 2 aromatic heterocycles. The summed E-state index contributed by atoms with van der Waals surface area (Å²) in [5.74, 6) is -1.34. The number of aliphatic imine (C=N–C) groups is 1. The zero-order valence-corrected chi connectivity index (χ0v) is 18.6. The Balaban J connectivity index is 1.44. The summed E-state index contributed by atoms with van der Waals surface area (Å²) >= 11 is 0. The summed E-state index contributed by atoms with van der Waals surface area (Å²) in [6, 6.07) is 15.7. The molecule has 176 valence electrons. The molecule has 5 rings (SSSR count). The third-order valence-corrected chi connectivity index (χ3v) is 5.96. The van der Waals surface area contributed by atoms with E-state index in [4.69, 9.17) is 0 Å². The molecule has 0 saturated carbocycles. The van der Waals surface area contributed by atoms with Crippen molar-refractivity contribution < 1.29 is 17.6 Å². The zero-order valence-electron chi connectivity index (χ0n) is 18.6. The van der Waals surface area contributed by atoms with Crippen LogP contribution in [0.2, 0.25) is 0 Å². The number of hydrogen-bond donors (Lipinski definition) is 0. The van der Waals surface area contributed by atoms with E-state index in [1.165, 1.54) is 22.9 Å². The highest BCUT2D eigenvalue weighted by Gasteiger charge is 2.34. The van der Waals surface area contributed by atoms with Gasteiger partial charge < -0.3 is 4.57 Å². The molecule has 0 unspecified atom stereocenters. The first kappa shape index (κ1) is 22.7. The van der Waals surface area contributed by atoms with Crippen molar-refractivity contribution in [2.45, 2.75) is 26.2 Å². The van der Waals surface area contributed by atoms with Gasteiger partial charge in [0.05, 0.1) is 24.4 Å². The lowest BCUT2D eigenvalue weighted by atomic mass is 9.96. The van der Waals surface area contributed by atoms with Gasteiger partial charge in [-0.3, -0.25) is 14.8 Å². The van der Waals surface area contributed by atoms with E-state index in [2.05, 4.69) is 9.98 Å². The molecule has 2 aromatic carbocycles. The van der Waals surface area contributed by atoms with E-state index in [1.807, 2.05) is 37.3 Å². The highest BCUT2D eigenvalue weighted by molar-refractivity contribution is 6.15. The summed E-state index contributed by atoms with van der Waals surface area (Å²) in [7, 11) is 0. The van der Waals surface area contributed by atoms with Crippen LogP contribution in [0.3, 0.4) is 0 Å². The molecule has 0 spiro atoms. The molecule has 4 aromatic rings. The van der Waals surface area contributed by atoms with Crippen LogP contribution in [0.15, 0.2) is 82.8 Å². The number of alkyl halides is 3. The highest BCUT2D eigenvalue weighted by Crippen LogP contribution is 2.32. The Morgan fingerprint density at radius 2 is 1.74 bits per heavy atom. The number of aryl methyl sites for hydroxylation is 1. The van der Waals surface area contributed by atoms with Crippen LogP contribution in [-0.2, 0) is 19.3 Å². The molecule has 0 amide bonds. The molecular formula is C27H19F4N3O. The average Bonchev–Trinajstić information content (AvgIpc) is 3.24. The monoisotopic (exact) mass is 477 g/mol. The third-order valence-electron chi connectivity index (χ3n) is 5.96. The quantitative estimate of drug-likeness (QED) is 0.350. The van der Waals surface area contributed by atoms with Crippen LogP contribution in [0.4, 0.5) is 17.6 Å². The van der Waals surface area contributed by atoms with Crippen molar-refractivity contribution in [1.82, 2.24) is 9.55 Å². The maximum absolute atomic E-state index is 13.6. The average molecular weight is 477 g/mol. The second-order valence-electron chi connectivity index (χ2n) is 8.42. The van der Waals surface area contributed by atoms with Gasteiger partial charge in [-0.25, -0.2) is 4.39 Å². The van der Waals surface area contributed by atoms with Gasteiger partial charge in [0.1, 0.15) is 5.82 Å². The lowest BCUT2D eigenvalue weighted by Crippen LogP contribution is -2.19. The second kappa shape index (κ2) is 8.61. The largest absolute Gasteiger partial charge is 0.419 e. The lowest BCUT2D eigenvalue weighted by Gasteiger charge is -2.12. The van der Waals surface area contributed by atoms with Gasteiger partial charge in [0.2, 0.25) is 0 Å². The zero-order chi connectivity index (χ0) is 24.7. The van der Waals surface area contributed by atoms with Crippen molar-refractivity contribution in [3.05, 3.63) is 123 Å². The first-order valence-corrected chi connectivity index (χ1v) is 10.9. The number of benzene rings is 2. The van der Waals surface area contributed by atoms with Crippen molar-refractivity contribution in [3.8, 4) is 11.1 Å². The molecule has 0 aliphatic carbocycles. The molecule has 3 heterocycles. The Bertz CT molecular complexity index is 1540. The number of nitrogens with zero attached hydrogens (tertiary/aromatic N) is 3. The van der Waals surface area contributed by atoms with Crippen LogP contribution in [0, 0.1) is 12.7 Å². The first-order valence-electron chi connectivity index (χ1n) is 10.9. The van der Waals surface area contributed by atoms with Gasteiger partial charge in [0.15, 0.2) is 0 Å². The Labute approximate surface area is 198 Å². The number of aromatic nitrogens is 2. The molecule has 0 N–H and O–H groups in total. The minimum atomic E-state index is -4.81. The Morgan fingerprint density at radius 3 is 2.49 bits per heavy atom. The van der Waals surface area contributed by atoms with Crippen LogP contribution in [0.1, 0.15) is 33.5 Å². The van der Waals surface area contributed by atoms with E-state index < -0.39 is 17.6 Å². The fourth-order valence-corrected chi connectivity index (χ4v) is 4.21. The van der Waals surface area contributed by atoms with Crippen LogP contribution < -0.4 is 5.56 Å². The number of halogens is 4. The smallest absolute Gasteiger partial charge is 0.311 e. The minimum Gasteiger partial charge on any atom is -0.311 e. The van der Waals surface area contributed by atoms with Crippen LogP contribution >= 0.6 is 0 Å². The van der Waals surface area contributed by atoms with Crippen molar-refractivity contribution >= 4 is 5.71 Å². The van der Waals surface area contributed by atoms with E-state index in [-0.39, 0.29) is 17.7 Å². The molecule has 0 saturated heterocycles. The van der Waals surface area contributed by atoms with Gasteiger partial charge in [-0.2, -0.15) is 13.2 Å². The number of rotatable bonds is 4. The predicted octanol–water partition coefficient (Wildman–Crippen LogP) is 5.78. The molecule has 1 aliphatic heterocycles. The summed E-state index contributed by atoms with van der Waals surface area (Å²) in [4.78, 5) is 21.7. The van der Waals surface area contributed by atoms with Crippen LogP contribution in [-0.4, -0.2) is 15.3 Å². The normalized spacial score (nSPS) is 13.0. The molecule has 4 nitrogen and oxygen atoms in total. The topological polar surface area (TPSA) is 47.2 Å². The van der Waals surface area contributed by atoms with E-state index >= 15 is 0 Å². The van der Waals surface area contributed by atoms with Gasteiger partial charge in [0, 0.05) is 35.3 Å². The standard InChI is InChI=1S/C27H19F4N3O/c1-16-10-20(6-8-32-16)26-22-12-18(3-4-21(22)14-33-26)19-7-9-34(25(35)13-19)15-17-2-5-24(28)23(11-17)27(29,30)31/h2-13H,14-15H2,1H3. The fourth-order valence-electron chi connectivity index (χ4n) is 4.21. The third kappa shape index (κ3) is 4.51. The van der Waals surface area contributed by atoms with Crippen molar-refractivity contribution in [1.29, 1.82) is 0 Å². The summed E-state index contributed by atoms with van der Waals surface area (Å²) < 4.78 is 53.9. The van der Waals surface area contributed by atoms with E-state index in [0.717, 1.165) is 45.8 Å². The van der Waals surface area contributed by atoms with E-state index in [1.54, 1.807) is 12.3 Å². The Hall–Kier alpha value is -4.07. The van der Waals surface area contributed by atoms with E-state index in [9.17, 15) is 22.4 Å². The van der Waals surface area contributed by atoms with Gasteiger partial charge in [-0.1, -0.05) is 18.2 Å². The van der Waals surface area contributed by atoms with Crippen molar-refractivity contribution in [2.24, 2.45) is 4.99 Å². The van der Waals surface area contributed by atoms with Gasteiger partial charge >= 0.3 is 6.18 Å². The first-order chi connectivity index (χ1) is 16.7. The summed E-state index contributed by atoms with van der Waals surface area (Å²) in [6.07, 6.45) is -1.53. The SMILES string of the molecule is Cc1cc(C2=NCc3ccc(-c4ccn(Cc5ccc(F)c(C(F)(F)F)c5)c(=O)c4)cc32)ccn1. The lowest BCUT2D eigenvalue weighted by molar-refractivity contribution is -0.140. The molecule has 8 heteroatoms. The fraction of sp³-hybridized carbons (Fsp3) is 0.148. The summed E-state index contributed by atoms with van der Waals surface area (Å²) in [5.41, 5.74) is 4.78. The van der Waals surface area contributed by atoms with Gasteiger partial charge in [-0.15, -0.1) is 0 Å². The summed E-state index contributed by atoms with van der Waals surface area (Å²) in [6.45, 7) is 2.39. The van der Waals surface area contributed by atoms with Gasteiger partial charge in [-0.05, 0) is 65.6 Å². The second-order valence-corrected chi connectivity index (χ2v) is 8.42. The van der Waals surface area contributed by atoms with Crippen molar-refractivity contribution in [2.75, 3.05) is 0 Å².